The van der Waals surface area contributed by atoms with Gasteiger partial charge in [0.15, 0.2) is 11.5 Å². The quantitative estimate of drug-likeness (QED) is 0.198. The molecule has 180 valence electrons. The summed E-state index contributed by atoms with van der Waals surface area (Å²) in [6, 6.07) is 19.4. The summed E-state index contributed by atoms with van der Waals surface area (Å²) in [4.78, 5) is 15.3. The lowest BCUT2D eigenvalue weighted by Crippen LogP contribution is -2.27. The fraction of sp³-hybridized carbons (Fsp3) is 0.185. The Hall–Kier alpha value is -2.32. The molecule has 3 aromatic carbocycles. The molecule has 0 N–H and O–H groups in total. The highest BCUT2D eigenvalue weighted by Gasteiger charge is 2.32. The van der Waals surface area contributed by atoms with Crippen LogP contribution in [0.4, 0.5) is 0 Å². The Kier molecular flexibility index (Phi) is 8.55. The third-order valence-electron chi connectivity index (χ3n) is 5.29. The number of carbonyl (C=O) groups excluding carboxylic acids is 1. The van der Waals surface area contributed by atoms with Gasteiger partial charge >= 0.3 is 0 Å². The van der Waals surface area contributed by atoms with E-state index in [0.717, 1.165) is 21.2 Å². The minimum absolute atomic E-state index is 0.103. The summed E-state index contributed by atoms with van der Waals surface area (Å²) in [5.74, 6) is 1.06. The summed E-state index contributed by atoms with van der Waals surface area (Å²) in [7, 11) is 0. The van der Waals surface area contributed by atoms with Gasteiger partial charge in [-0.1, -0.05) is 83.6 Å². The van der Waals surface area contributed by atoms with Crippen LogP contribution in [0.15, 0.2) is 70.0 Å². The maximum Gasteiger partial charge on any atom is 0.266 e. The average Bonchev–Trinajstić information content (AvgIpc) is 3.08. The van der Waals surface area contributed by atoms with Crippen molar-refractivity contribution < 1.29 is 14.3 Å². The van der Waals surface area contributed by atoms with E-state index in [1.807, 2.05) is 80.6 Å². The van der Waals surface area contributed by atoms with Crippen molar-refractivity contribution in [3.05, 3.63) is 97.3 Å². The molecule has 1 amide bonds. The Morgan fingerprint density at radius 1 is 1.11 bits per heavy atom. The van der Waals surface area contributed by atoms with Gasteiger partial charge in [-0.3, -0.25) is 9.69 Å². The van der Waals surface area contributed by atoms with E-state index in [0.29, 0.717) is 45.5 Å². The smallest absolute Gasteiger partial charge is 0.266 e. The first-order valence-corrected chi connectivity index (χ1v) is 13.4. The number of aryl methyl sites for hydroxylation is 1. The first-order valence-electron chi connectivity index (χ1n) is 11.0. The van der Waals surface area contributed by atoms with Crippen LogP contribution in [0.25, 0.3) is 6.08 Å². The number of thiocarbonyl (C=S) groups is 1. The van der Waals surface area contributed by atoms with E-state index in [4.69, 9.17) is 33.3 Å². The second-order valence-electron chi connectivity index (χ2n) is 7.90. The van der Waals surface area contributed by atoms with Crippen LogP contribution in [0.3, 0.4) is 0 Å². The lowest BCUT2D eigenvalue weighted by Gasteiger charge is -2.15. The van der Waals surface area contributed by atoms with Gasteiger partial charge in [0.25, 0.3) is 5.91 Å². The average molecular weight is 589 g/mol. The molecule has 0 radical (unpaired) electrons. The van der Waals surface area contributed by atoms with Crippen molar-refractivity contribution in [2.24, 2.45) is 0 Å². The molecule has 4 rings (SSSR count). The third-order valence-corrected chi connectivity index (χ3v) is 7.63. The molecule has 0 atom stereocenters. The van der Waals surface area contributed by atoms with E-state index in [-0.39, 0.29) is 5.91 Å². The van der Waals surface area contributed by atoms with Crippen LogP contribution in [0.1, 0.15) is 29.2 Å². The van der Waals surface area contributed by atoms with Crippen molar-refractivity contribution in [2.75, 3.05) is 6.61 Å². The van der Waals surface area contributed by atoms with Gasteiger partial charge in [-0.25, -0.2) is 0 Å². The van der Waals surface area contributed by atoms with Crippen molar-refractivity contribution in [3.63, 3.8) is 0 Å². The van der Waals surface area contributed by atoms with E-state index < -0.39 is 0 Å². The molecule has 1 heterocycles. The molecule has 1 fully saturated rings. The summed E-state index contributed by atoms with van der Waals surface area (Å²) < 4.78 is 13.2. The number of halogens is 2. The van der Waals surface area contributed by atoms with Gasteiger partial charge in [0.05, 0.1) is 22.5 Å². The van der Waals surface area contributed by atoms with Crippen LogP contribution in [0.2, 0.25) is 5.02 Å². The molecule has 0 bridgehead atoms. The minimum Gasteiger partial charge on any atom is -0.490 e. The van der Waals surface area contributed by atoms with Gasteiger partial charge in [-0.2, -0.15) is 0 Å². The van der Waals surface area contributed by atoms with E-state index in [2.05, 4.69) is 15.9 Å². The zero-order valence-corrected chi connectivity index (χ0v) is 23.2. The van der Waals surface area contributed by atoms with Crippen LogP contribution in [-0.4, -0.2) is 21.7 Å². The molecule has 8 heteroatoms. The Balaban J connectivity index is 1.55. The Bertz CT molecular complexity index is 1290. The van der Waals surface area contributed by atoms with Crippen molar-refractivity contribution in [2.45, 2.75) is 27.0 Å². The SMILES string of the molecule is CCOc1cc(/C=C2\SC(=S)N(Cc3ccc(C)cc3)C2=O)cc(Br)c1OCc1ccccc1Cl. The van der Waals surface area contributed by atoms with Crippen LogP contribution in [0.5, 0.6) is 11.5 Å². The Labute approximate surface area is 228 Å². The van der Waals surface area contributed by atoms with Crippen molar-refractivity contribution in [3.8, 4) is 11.5 Å². The van der Waals surface area contributed by atoms with E-state index in [1.54, 1.807) is 4.90 Å². The first kappa shape index (κ1) is 25.8. The van der Waals surface area contributed by atoms with Crippen LogP contribution in [-0.2, 0) is 17.9 Å². The Morgan fingerprint density at radius 2 is 1.86 bits per heavy atom. The highest BCUT2D eigenvalue weighted by molar-refractivity contribution is 9.10. The number of nitrogens with zero attached hydrogens (tertiary/aromatic N) is 1. The highest BCUT2D eigenvalue weighted by atomic mass is 79.9. The van der Waals surface area contributed by atoms with Gasteiger partial charge < -0.3 is 9.47 Å². The molecule has 35 heavy (non-hydrogen) atoms. The van der Waals surface area contributed by atoms with Crippen LogP contribution in [0, 0.1) is 6.92 Å². The molecule has 0 spiro atoms. The standard InChI is InChI=1S/C27H23BrClNO3S2/c1-3-32-23-13-19(12-21(28)25(23)33-16-20-6-4-5-7-22(20)29)14-24-26(31)30(27(34)35-24)15-18-10-8-17(2)9-11-18/h4-14H,3,15-16H2,1-2H3/b24-14-. The van der Waals surface area contributed by atoms with Crippen LogP contribution >= 0.6 is 51.5 Å². The first-order chi connectivity index (χ1) is 16.9. The van der Waals surface area contributed by atoms with Gasteiger partial charge in [0, 0.05) is 10.6 Å². The third kappa shape index (κ3) is 6.28. The number of ether oxygens (including phenoxy) is 2. The van der Waals surface area contributed by atoms with Crippen LogP contribution < -0.4 is 9.47 Å². The van der Waals surface area contributed by atoms with Crippen molar-refractivity contribution >= 4 is 67.8 Å². The van der Waals surface area contributed by atoms with Gasteiger partial charge in [-0.05, 0) is 65.2 Å². The summed E-state index contributed by atoms with van der Waals surface area (Å²) >= 11 is 16.7. The number of rotatable bonds is 8. The zero-order chi connectivity index (χ0) is 24.9. The van der Waals surface area contributed by atoms with E-state index >= 15 is 0 Å². The maximum absolute atomic E-state index is 13.1. The molecule has 3 aromatic rings. The fourth-order valence-corrected chi connectivity index (χ4v) is 5.52. The lowest BCUT2D eigenvalue weighted by atomic mass is 10.1. The number of hydrogen-bond acceptors (Lipinski definition) is 5. The molecule has 1 aliphatic heterocycles. The maximum atomic E-state index is 13.1. The van der Waals surface area contributed by atoms with Gasteiger partial charge in [-0.15, -0.1) is 0 Å². The van der Waals surface area contributed by atoms with Gasteiger partial charge in [0.1, 0.15) is 10.9 Å². The topological polar surface area (TPSA) is 38.8 Å². The molecule has 1 saturated heterocycles. The second kappa shape index (κ2) is 11.6. The monoisotopic (exact) mass is 587 g/mol. The van der Waals surface area contributed by atoms with Gasteiger partial charge in [0.2, 0.25) is 0 Å². The molecular formula is C27H23BrClNO3S2. The van der Waals surface area contributed by atoms with Crippen molar-refractivity contribution in [1.82, 2.24) is 4.90 Å². The summed E-state index contributed by atoms with van der Waals surface area (Å²) in [6.45, 7) is 5.17. The van der Waals surface area contributed by atoms with Crippen molar-refractivity contribution in [1.29, 1.82) is 0 Å². The molecule has 4 nitrogen and oxygen atoms in total. The zero-order valence-electron chi connectivity index (χ0n) is 19.2. The summed E-state index contributed by atoms with van der Waals surface area (Å²) in [6.07, 6.45) is 1.83. The molecule has 0 aromatic heterocycles. The minimum atomic E-state index is -0.103. The molecule has 0 unspecified atom stereocenters. The number of hydrogen-bond donors (Lipinski definition) is 0. The highest BCUT2D eigenvalue weighted by Crippen LogP contribution is 2.40. The molecular weight excluding hydrogens is 566 g/mol. The fourth-order valence-electron chi connectivity index (χ4n) is 3.50. The second-order valence-corrected chi connectivity index (χ2v) is 10.8. The number of thioether (sulfide) groups is 1. The summed E-state index contributed by atoms with van der Waals surface area (Å²) in [5, 5.41) is 0.644. The predicted molar refractivity (Wildman–Crippen MR) is 151 cm³/mol. The lowest BCUT2D eigenvalue weighted by molar-refractivity contribution is -0.122. The predicted octanol–water partition coefficient (Wildman–Crippen LogP) is 7.79. The summed E-state index contributed by atoms with van der Waals surface area (Å²) in [5.41, 5.74) is 3.90. The molecule has 0 saturated carbocycles. The number of benzene rings is 3. The molecule has 1 aliphatic rings. The Morgan fingerprint density at radius 3 is 2.57 bits per heavy atom. The number of carbonyl (C=O) groups is 1. The number of amides is 1. The largest absolute Gasteiger partial charge is 0.490 e. The van der Waals surface area contributed by atoms with E-state index in [9.17, 15) is 4.79 Å². The normalized spacial score (nSPS) is 14.6. The molecule has 0 aliphatic carbocycles. The van der Waals surface area contributed by atoms with E-state index in [1.165, 1.54) is 17.3 Å².